The van der Waals surface area contributed by atoms with Crippen molar-refractivity contribution in [3.05, 3.63) is 63.5 Å². The van der Waals surface area contributed by atoms with Crippen LogP contribution in [0.4, 0.5) is 13.2 Å². The molecule has 1 aromatic heterocycles. The van der Waals surface area contributed by atoms with Crippen molar-refractivity contribution >= 4 is 8.32 Å². The number of nitrogens with zero attached hydrogens (tertiary/aromatic N) is 1. The number of pyridine rings is 1. The van der Waals surface area contributed by atoms with Crippen LogP contribution < -0.4 is 0 Å². The van der Waals surface area contributed by atoms with Gasteiger partial charge in [-0.25, -0.2) is 0 Å². The van der Waals surface area contributed by atoms with E-state index in [4.69, 9.17) is 23.6 Å². The van der Waals surface area contributed by atoms with E-state index in [2.05, 4.69) is 47.7 Å². The van der Waals surface area contributed by atoms with Gasteiger partial charge in [-0.3, -0.25) is 4.98 Å². The summed E-state index contributed by atoms with van der Waals surface area (Å²) in [6.45, 7) is 21.0. The first-order valence-electron chi connectivity index (χ1n) is 15.4. The zero-order valence-corrected chi connectivity index (χ0v) is 28.4. The van der Waals surface area contributed by atoms with E-state index in [1.807, 2.05) is 13.8 Å². The van der Waals surface area contributed by atoms with Gasteiger partial charge < -0.3 is 18.6 Å². The van der Waals surface area contributed by atoms with Crippen molar-refractivity contribution in [3.8, 4) is 0 Å². The molecule has 5 rings (SSSR count). The van der Waals surface area contributed by atoms with Crippen LogP contribution in [0.3, 0.4) is 0 Å². The molecule has 0 bridgehead atoms. The second-order valence-corrected chi connectivity index (χ2v) is 20.2. The number of benzene rings is 1. The molecule has 3 heterocycles. The minimum atomic E-state index is -4.42. The summed E-state index contributed by atoms with van der Waals surface area (Å²) in [4.78, 5) is 5.40. The van der Waals surface area contributed by atoms with Gasteiger partial charge in [-0.05, 0) is 73.5 Å². The molecule has 2 aromatic rings. The molecule has 1 unspecified atom stereocenters. The molecule has 0 amide bonds. The van der Waals surface area contributed by atoms with Crippen molar-refractivity contribution < 1.29 is 31.8 Å². The van der Waals surface area contributed by atoms with Gasteiger partial charge in [-0.15, -0.1) is 0 Å². The lowest BCUT2D eigenvalue weighted by atomic mass is 9.69. The summed E-state index contributed by atoms with van der Waals surface area (Å²) < 4.78 is 66.8. The Kier molecular flexibility index (Phi) is 8.07. The summed E-state index contributed by atoms with van der Waals surface area (Å²) >= 11 is 0. The molecular formula is C34H48F3NO4Si. The molecular weight excluding hydrogens is 571 g/mol. The van der Waals surface area contributed by atoms with E-state index in [1.165, 1.54) is 0 Å². The van der Waals surface area contributed by atoms with Crippen LogP contribution in [0.2, 0.25) is 18.1 Å². The van der Waals surface area contributed by atoms with Gasteiger partial charge in [0.15, 0.2) is 8.32 Å². The van der Waals surface area contributed by atoms with Crippen LogP contribution >= 0.6 is 0 Å². The lowest BCUT2D eigenvalue weighted by Crippen LogP contribution is -2.45. The second kappa shape index (κ2) is 10.6. The lowest BCUT2D eigenvalue weighted by Gasteiger charge is -2.46. The molecule has 1 spiro atoms. The fraction of sp³-hybridized carbons (Fsp3) is 0.676. The van der Waals surface area contributed by atoms with Crippen molar-refractivity contribution in [2.24, 2.45) is 5.41 Å². The molecule has 1 aromatic carbocycles. The van der Waals surface area contributed by atoms with E-state index in [-0.39, 0.29) is 16.6 Å². The molecule has 0 radical (unpaired) electrons. The zero-order valence-electron chi connectivity index (χ0n) is 27.4. The predicted octanol–water partition coefficient (Wildman–Crippen LogP) is 9.14. The third kappa shape index (κ3) is 5.85. The number of fused-ring (bicyclic) bond motifs is 4. The Morgan fingerprint density at radius 1 is 0.953 bits per heavy atom. The highest BCUT2D eigenvalue weighted by atomic mass is 28.4. The number of methoxy groups -OCH3 is 1. The first-order chi connectivity index (χ1) is 19.7. The second-order valence-electron chi connectivity index (χ2n) is 15.5. The topological polar surface area (TPSA) is 49.8 Å². The van der Waals surface area contributed by atoms with Crippen LogP contribution in [0.15, 0.2) is 24.3 Å². The largest absolute Gasteiger partial charge is 0.416 e. The highest BCUT2D eigenvalue weighted by Crippen LogP contribution is 2.59. The Morgan fingerprint density at radius 3 is 2.09 bits per heavy atom. The molecule has 1 saturated heterocycles. The number of halogens is 3. The molecule has 43 heavy (non-hydrogen) atoms. The smallest absolute Gasteiger partial charge is 0.410 e. The summed E-state index contributed by atoms with van der Waals surface area (Å²) in [5.41, 5.74) is 3.45. The highest BCUT2D eigenvalue weighted by Gasteiger charge is 2.54. The molecule has 9 heteroatoms. The number of rotatable bonds is 5. The first-order valence-corrected chi connectivity index (χ1v) is 18.4. The maximum absolute atomic E-state index is 13.5. The monoisotopic (exact) mass is 619 g/mol. The van der Waals surface area contributed by atoms with Crippen LogP contribution in [-0.2, 0) is 42.4 Å². The van der Waals surface area contributed by atoms with Crippen LogP contribution in [0.5, 0.6) is 0 Å². The lowest BCUT2D eigenvalue weighted by molar-refractivity contribution is -0.137. The minimum Gasteiger partial charge on any atom is -0.410 e. The fourth-order valence-corrected chi connectivity index (χ4v) is 7.97. The Balaban J connectivity index is 1.81. The van der Waals surface area contributed by atoms with Crippen LogP contribution in [0.1, 0.15) is 119 Å². The van der Waals surface area contributed by atoms with Crippen molar-refractivity contribution in [2.75, 3.05) is 20.3 Å². The van der Waals surface area contributed by atoms with Gasteiger partial charge in [0.05, 0.1) is 23.0 Å². The standard InChI is InChI=1S/C34H48F3NO4Si/c1-30(2,3)43(9,10)42-24-20-31(4,5)19-23-25(24)27-26(29(38-23)32(6,7)39-8)28(41-33(27)15-17-40-18-16-33)21-11-13-22(14-12-21)34(35,36)37/h11-14,24,28H,15-20H2,1-10H3/t24?,28-/m1/s1. The summed E-state index contributed by atoms with van der Waals surface area (Å²) in [5.74, 6) is 0. The molecule has 1 aliphatic carbocycles. The first kappa shape index (κ1) is 32.6. The summed E-state index contributed by atoms with van der Waals surface area (Å²) in [6.07, 6.45) is -2.24. The maximum atomic E-state index is 13.5. The van der Waals surface area contributed by atoms with E-state index >= 15 is 0 Å². The third-order valence-corrected chi connectivity index (χ3v) is 14.8. The van der Waals surface area contributed by atoms with Crippen LogP contribution in [0, 0.1) is 5.41 Å². The Labute approximate surface area is 256 Å². The van der Waals surface area contributed by atoms with Gasteiger partial charge >= 0.3 is 6.18 Å². The van der Waals surface area contributed by atoms with Crippen LogP contribution in [0.25, 0.3) is 0 Å². The molecule has 0 saturated carbocycles. The van der Waals surface area contributed by atoms with Gasteiger partial charge in [-0.1, -0.05) is 46.8 Å². The number of ether oxygens (including phenoxy) is 3. The van der Waals surface area contributed by atoms with Crippen LogP contribution in [-0.4, -0.2) is 33.6 Å². The highest BCUT2D eigenvalue weighted by molar-refractivity contribution is 6.74. The molecule has 238 valence electrons. The Morgan fingerprint density at radius 2 is 1.56 bits per heavy atom. The summed E-state index contributed by atoms with van der Waals surface area (Å²) in [6, 6.07) is 5.38. The average molecular weight is 620 g/mol. The van der Waals surface area contributed by atoms with Gasteiger partial charge in [0.2, 0.25) is 0 Å². The molecule has 2 aliphatic heterocycles. The quantitative estimate of drug-likeness (QED) is 0.313. The number of hydrogen-bond donors (Lipinski definition) is 0. The molecule has 2 atom stereocenters. The zero-order chi connectivity index (χ0) is 31.8. The Bertz CT molecular complexity index is 1360. The number of aromatic nitrogens is 1. The van der Waals surface area contributed by atoms with E-state index in [0.29, 0.717) is 31.6 Å². The van der Waals surface area contributed by atoms with Crippen molar-refractivity contribution in [2.45, 2.75) is 122 Å². The van der Waals surface area contributed by atoms with Gasteiger partial charge in [0.1, 0.15) is 11.7 Å². The van der Waals surface area contributed by atoms with E-state index in [1.54, 1.807) is 19.2 Å². The predicted molar refractivity (Wildman–Crippen MR) is 163 cm³/mol. The number of hydrogen-bond acceptors (Lipinski definition) is 5. The average Bonchev–Trinajstić information content (AvgIpc) is 3.20. The van der Waals surface area contributed by atoms with E-state index in [0.717, 1.165) is 53.1 Å². The molecule has 0 N–H and O–H groups in total. The van der Waals surface area contributed by atoms with E-state index < -0.39 is 37.4 Å². The molecule has 3 aliphatic rings. The van der Waals surface area contributed by atoms with Gasteiger partial charge in [0.25, 0.3) is 0 Å². The minimum absolute atomic E-state index is 0.0129. The normalized spacial score (nSPS) is 23.7. The van der Waals surface area contributed by atoms with E-state index in [9.17, 15) is 13.2 Å². The molecule has 5 nitrogen and oxygen atoms in total. The van der Waals surface area contributed by atoms with Crippen molar-refractivity contribution in [1.29, 1.82) is 0 Å². The summed E-state index contributed by atoms with van der Waals surface area (Å²) in [5, 5.41) is 0.0129. The number of alkyl halides is 3. The SMILES string of the molecule is COC(C)(C)c1nc2c(c3c1[C@@H](c1ccc(C(F)(F)F)cc1)OC31CCOCC1)C(O[Si](C)(C)C(C)(C)C)CC(C)(C)C2. The fourth-order valence-electron chi connectivity index (χ4n) is 6.70. The van der Waals surface area contributed by atoms with Gasteiger partial charge in [-0.2, -0.15) is 13.2 Å². The summed E-state index contributed by atoms with van der Waals surface area (Å²) in [7, 11) is -0.529. The van der Waals surface area contributed by atoms with Crippen molar-refractivity contribution in [3.63, 3.8) is 0 Å². The Hall–Kier alpha value is -1.78. The van der Waals surface area contributed by atoms with Gasteiger partial charge in [0, 0.05) is 50.0 Å². The maximum Gasteiger partial charge on any atom is 0.416 e. The third-order valence-electron chi connectivity index (χ3n) is 10.3. The van der Waals surface area contributed by atoms with Crippen molar-refractivity contribution in [1.82, 2.24) is 4.98 Å². The molecule has 1 fully saturated rings.